The van der Waals surface area contributed by atoms with E-state index in [9.17, 15) is 13.2 Å². The highest BCUT2D eigenvalue weighted by Gasteiger charge is 2.28. The molecule has 0 aliphatic carbocycles. The minimum Gasteiger partial charge on any atom is -0.493 e. The Kier molecular flexibility index (Phi) is 10.3. The van der Waals surface area contributed by atoms with E-state index >= 15 is 0 Å². The minimum absolute atomic E-state index is 0.0944. The number of benzene rings is 4. The fourth-order valence-electron chi connectivity index (χ4n) is 4.26. The second-order valence-electron chi connectivity index (χ2n) is 10.2. The van der Waals surface area contributed by atoms with E-state index in [1.807, 2.05) is 64.1 Å². The fourth-order valence-corrected chi connectivity index (χ4v) is 6.32. The average Bonchev–Trinajstić information content (AvgIpc) is 2.97. The second kappa shape index (κ2) is 13.9. The van der Waals surface area contributed by atoms with Crippen LogP contribution in [0.3, 0.4) is 0 Å². The highest BCUT2D eigenvalue weighted by molar-refractivity contribution is 9.10. The first-order valence-electron chi connectivity index (χ1n) is 13.5. The Bertz CT molecular complexity index is 1740. The summed E-state index contributed by atoms with van der Waals surface area (Å²) in [7, 11) is -2.50. The van der Waals surface area contributed by atoms with Crippen molar-refractivity contribution in [2.45, 2.75) is 39.2 Å². The van der Waals surface area contributed by atoms with Crippen molar-refractivity contribution >= 4 is 43.8 Å². The van der Waals surface area contributed by atoms with Crippen LogP contribution in [-0.2, 0) is 21.4 Å². The van der Waals surface area contributed by atoms with E-state index in [0.29, 0.717) is 33.8 Å². The third-order valence-corrected chi connectivity index (χ3v) is 9.05. The first kappa shape index (κ1) is 31.8. The number of carbonyl (C=O) groups excluding carboxylic acids is 1. The summed E-state index contributed by atoms with van der Waals surface area (Å²) in [5.41, 5.74) is 8.22. The number of ether oxygens (including phenoxy) is 2. The summed E-state index contributed by atoms with van der Waals surface area (Å²) in [6.07, 6.45) is 1.45. The Hall–Kier alpha value is -4.15. The van der Waals surface area contributed by atoms with Gasteiger partial charge in [0.2, 0.25) is 0 Å². The van der Waals surface area contributed by atoms with Gasteiger partial charge in [-0.05, 0) is 96.2 Å². The molecule has 0 bridgehead atoms. The molecule has 10 heteroatoms. The summed E-state index contributed by atoms with van der Waals surface area (Å²) in [6.45, 7) is 7.49. The monoisotopic (exact) mass is 663 g/mol. The Labute approximate surface area is 261 Å². The van der Waals surface area contributed by atoms with Crippen molar-refractivity contribution in [1.29, 1.82) is 0 Å². The lowest BCUT2D eigenvalue weighted by atomic mass is 10.1. The summed E-state index contributed by atoms with van der Waals surface area (Å²) in [4.78, 5) is 13.1. The number of rotatable bonds is 11. The molecule has 43 heavy (non-hydrogen) atoms. The van der Waals surface area contributed by atoms with Crippen LogP contribution in [0.2, 0.25) is 0 Å². The average molecular weight is 665 g/mol. The van der Waals surface area contributed by atoms with Crippen LogP contribution >= 0.6 is 15.9 Å². The zero-order valence-electron chi connectivity index (χ0n) is 24.7. The Morgan fingerprint density at radius 3 is 2.19 bits per heavy atom. The number of hydrogen-bond acceptors (Lipinski definition) is 6. The van der Waals surface area contributed by atoms with Gasteiger partial charge in [-0.25, -0.2) is 13.8 Å². The number of nitrogens with zero attached hydrogens (tertiary/aromatic N) is 2. The van der Waals surface area contributed by atoms with Crippen molar-refractivity contribution < 1.29 is 22.7 Å². The van der Waals surface area contributed by atoms with Gasteiger partial charge in [-0.3, -0.25) is 9.10 Å². The molecule has 0 fully saturated rings. The molecule has 4 rings (SSSR count). The summed E-state index contributed by atoms with van der Waals surface area (Å²) < 4.78 is 40.7. The molecular formula is C33H34BrN3O5S. The Balaban J connectivity index is 1.51. The third-order valence-electron chi connectivity index (χ3n) is 6.69. The van der Waals surface area contributed by atoms with Crippen molar-refractivity contribution in [3.63, 3.8) is 0 Å². The molecule has 0 spiro atoms. The van der Waals surface area contributed by atoms with Gasteiger partial charge in [0, 0.05) is 0 Å². The maximum absolute atomic E-state index is 13.7. The molecule has 0 atom stereocenters. The third kappa shape index (κ3) is 8.03. The van der Waals surface area contributed by atoms with Gasteiger partial charge in [-0.2, -0.15) is 5.10 Å². The van der Waals surface area contributed by atoms with Crippen LogP contribution in [-0.4, -0.2) is 34.2 Å². The van der Waals surface area contributed by atoms with Crippen molar-refractivity contribution in [3.8, 4) is 11.5 Å². The summed E-state index contributed by atoms with van der Waals surface area (Å²) in [6, 6.07) is 23.6. The highest BCUT2D eigenvalue weighted by atomic mass is 79.9. The summed E-state index contributed by atoms with van der Waals surface area (Å²) >= 11 is 3.54. The van der Waals surface area contributed by atoms with Gasteiger partial charge >= 0.3 is 0 Å². The van der Waals surface area contributed by atoms with Crippen LogP contribution in [0.4, 0.5) is 5.69 Å². The molecule has 0 aromatic heterocycles. The van der Waals surface area contributed by atoms with Gasteiger partial charge in [0.15, 0.2) is 11.5 Å². The Morgan fingerprint density at radius 1 is 0.907 bits per heavy atom. The summed E-state index contributed by atoms with van der Waals surface area (Å²) in [5, 5.41) is 4.08. The molecule has 224 valence electrons. The van der Waals surface area contributed by atoms with E-state index in [-0.39, 0.29) is 4.90 Å². The van der Waals surface area contributed by atoms with Crippen molar-refractivity contribution in [2.75, 3.05) is 18.0 Å². The lowest BCUT2D eigenvalue weighted by Gasteiger charge is -2.25. The molecule has 0 unspecified atom stereocenters. The summed E-state index contributed by atoms with van der Waals surface area (Å²) in [5.74, 6) is 0.422. The number of nitrogens with one attached hydrogen (secondary N) is 1. The van der Waals surface area contributed by atoms with Gasteiger partial charge in [0.1, 0.15) is 13.2 Å². The number of hydrogen-bond donors (Lipinski definition) is 1. The number of anilines is 1. The maximum atomic E-state index is 13.7. The molecule has 4 aromatic rings. The van der Waals surface area contributed by atoms with Gasteiger partial charge in [0.05, 0.1) is 28.4 Å². The minimum atomic E-state index is -4.05. The zero-order chi connectivity index (χ0) is 31.1. The van der Waals surface area contributed by atoms with Gasteiger partial charge < -0.3 is 9.47 Å². The SMILES string of the molecule is COc1cc(/C=N\NC(=O)CN(c2cc(C)ccc2C)S(=O)(=O)c2ccc(C)cc2)cc(Br)c1OCc1ccc(C)cc1. The number of sulfonamides is 1. The first-order chi connectivity index (χ1) is 20.5. The number of methoxy groups -OCH3 is 1. The van der Waals surface area contributed by atoms with Crippen molar-refractivity contribution in [3.05, 3.63) is 117 Å². The molecule has 0 saturated carbocycles. The van der Waals surface area contributed by atoms with Gasteiger partial charge in [0.25, 0.3) is 15.9 Å². The van der Waals surface area contributed by atoms with E-state index in [1.54, 1.807) is 37.4 Å². The quantitative estimate of drug-likeness (QED) is 0.144. The normalized spacial score (nSPS) is 11.4. The van der Waals surface area contributed by atoms with Gasteiger partial charge in [-0.15, -0.1) is 0 Å². The van der Waals surface area contributed by atoms with E-state index < -0.39 is 22.5 Å². The molecule has 4 aromatic carbocycles. The molecule has 1 N–H and O–H groups in total. The second-order valence-corrected chi connectivity index (χ2v) is 12.9. The number of hydrazone groups is 1. The van der Waals surface area contributed by atoms with Crippen LogP contribution in [0, 0.1) is 27.7 Å². The van der Waals surface area contributed by atoms with Crippen molar-refractivity contribution in [2.24, 2.45) is 5.10 Å². The molecule has 0 heterocycles. The van der Waals surface area contributed by atoms with Crippen LogP contribution in [0.25, 0.3) is 0 Å². The number of amides is 1. The predicted octanol–water partition coefficient (Wildman–Crippen LogP) is 6.62. The van der Waals surface area contributed by atoms with Crippen LogP contribution in [0.5, 0.6) is 11.5 Å². The number of halogens is 1. The number of aryl methyl sites for hydroxylation is 4. The zero-order valence-corrected chi connectivity index (χ0v) is 27.1. The van der Waals surface area contributed by atoms with Crippen LogP contribution in [0.1, 0.15) is 33.4 Å². The van der Waals surface area contributed by atoms with E-state index in [1.165, 1.54) is 23.9 Å². The van der Waals surface area contributed by atoms with Crippen LogP contribution < -0.4 is 19.2 Å². The van der Waals surface area contributed by atoms with Gasteiger partial charge in [-0.1, -0.05) is 59.7 Å². The molecule has 0 radical (unpaired) electrons. The fraction of sp³-hybridized carbons (Fsp3) is 0.212. The van der Waals surface area contributed by atoms with E-state index in [2.05, 4.69) is 26.5 Å². The topological polar surface area (TPSA) is 97.3 Å². The maximum Gasteiger partial charge on any atom is 0.264 e. The highest BCUT2D eigenvalue weighted by Crippen LogP contribution is 2.37. The predicted molar refractivity (Wildman–Crippen MR) is 174 cm³/mol. The smallest absolute Gasteiger partial charge is 0.264 e. The van der Waals surface area contributed by atoms with E-state index in [0.717, 1.165) is 26.6 Å². The van der Waals surface area contributed by atoms with Crippen molar-refractivity contribution in [1.82, 2.24) is 5.43 Å². The first-order valence-corrected chi connectivity index (χ1v) is 15.8. The molecule has 1 amide bonds. The molecular weight excluding hydrogens is 630 g/mol. The standard InChI is InChI=1S/C33H34BrN3O5S/c1-22-7-12-26(13-8-22)21-42-33-29(34)17-27(18-31(33)41-5)19-35-36-32(38)20-37(30-16-24(3)6-11-25(30)4)43(39,40)28-14-9-23(2)10-15-28/h6-19H,20-21H2,1-5H3,(H,36,38)/b35-19-. The largest absolute Gasteiger partial charge is 0.493 e. The molecule has 8 nitrogen and oxygen atoms in total. The lowest BCUT2D eigenvalue weighted by Crippen LogP contribution is -2.40. The number of carbonyl (C=O) groups is 1. The molecule has 0 saturated heterocycles. The lowest BCUT2D eigenvalue weighted by molar-refractivity contribution is -0.119. The van der Waals surface area contributed by atoms with Crippen LogP contribution in [0.15, 0.2) is 93.3 Å². The van der Waals surface area contributed by atoms with E-state index in [4.69, 9.17) is 9.47 Å². The molecule has 0 aliphatic heterocycles. The molecule has 0 aliphatic rings. The Morgan fingerprint density at radius 2 is 1.53 bits per heavy atom.